The number of aryl methyl sites for hydroxylation is 1. The summed E-state index contributed by atoms with van der Waals surface area (Å²) in [6.45, 7) is 3.78. The summed E-state index contributed by atoms with van der Waals surface area (Å²) in [4.78, 5) is 23.4. The molecule has 6 heteroatoms. The van der Waals surface area contributed by atoms with Crippen LogP contribution in [0.2, 0.25) is 0 Å². The van der Waals surface area contributed by atoms with E-state index in [0.29, 0.717) is 24.6 Å². The minimum absolute atomic E-state index is 0.0694. The number of carbonyl (C=O) groups is 1. The topological polar surface area (TPSA) is 84.3 Å². The van der Waals surface area contributed by atoms with Crippen LogP contribution in [0.4, 0.5) is 11.4 Å². The molecule has 1 heterocycles. The van der Waals surface area contributed by atoms with E-state index in [1.165, 1.54) is 0 Å². The fourth-order valence-corrected chi connectivity index (χ4v) is 3.18. The minimum atomic E-state index is -0.417. The molecule has 1 aliphatic carbocycles. The molecule has 3 rings (SSSR count). The molecular formula is C16H21N3O3. The average Bonchev–Trinajstić information content (AvgIpc) is 3.23. The Balaban J connectivity index is 1.78. The molecule has 1 saturated heterocycles. The van der Waals surface area contributed by atoms with Crippen LogP contribution in [0.1, 0.15) is 24.8 Å². The van der Waals surface area contributed by atoms with Crippen LogP contribution in [-0.2, 0) is 4.79 Å². The number of nitrogens with zero attached hydrogens (tertiary/aromatic N) is 1. The van der Waals surface area contributed by atoms with Crippen LogP contribution in [0, 0.1) is 28.4 Å². The molecule has 2 aliphatic rings. The van der Waals surface area contributed by atoms with Crippen LogP contribution in [0.15, 0.2) is 18.2 Å². The Labute approximate surface area is 129 Å². The molecule has 2 fully saturated rings. The maximum atomic E-state index is 12.6. The highest BCUT2D eigenvalue weighted by atomic mass is 16.6. The van der Waals surface area contributed by atoms with E-state index in [2.05, 4.69) is 10.6 Å². The number of Topliss-reactive ketones (excluding diaryl/α,β-unsaturated/α-hetero) is 1. The van der Waals surface area contributed by atoms with Gasteiger partial charge in [0.15, 0.2) is 0 Å². The van der Waals surface area contributed by atoms with E-state index in [4.69, 9.17) is 0 Å². The van der Waals surface area contributed by atoms with E-state index in [9.17, 15) is 14.9 Å². The molecular weight excluding hydrogens is 282 g/mol. The molecule has 0 radical (unpaired) electrons. The van der Waals surface area contributed by atoms with Gasteiger partial charge < -0.3 is 10.6 Å². The molecule has 1 saturated carbocycles. The molecule has 0 amide bonds. The molecule has 0 bridgehead atoms. The molecule has 2 N–H and O–H groups in total. The fourth-order valence-electron chi connectivity index (χ4n) is 3.18. The largest absolute Gasteiger partial charge is 0.378 e. The first-order valence-corrected chi connectivity index (χ1v) is 7.76. The quantitative estimate of drug-likeness (QED) is 0.622. The molecule has 1 aliphatic heterocycles. The Bertz CT molecular complexity index is 605. The lowest BCUT2D eigenvalue weighted by Gasteiger charge is -2.27. The Morgan fingerprint density at radius 1 is 1.50 bits per heavy atom. The van der Waals surface area contributed by atoms with Gasteiger partial charge in [0, 0.05) is 25.1 Å². The van der Waals surface area contributed by atoms with Crippen LogP contribution in [-0.4, -0.2) is 30.3 Å². The summed E-state index contributed by atoms with van der Waals surface area (Å²) < 4.78 is 0. The molecule has 118 valence electrons. The van der Waals surface area contributed by atoms with Crippen molar-refractivity contribution in [2.75, 3.05) is 25.0 Å². The molecule has 6 nitrogen and oxygen atoms in total. The zero-order valence-electron chi connectivity index (χ0n) is 12.7. The third-order valence-corrected chi connectivity index (χ3v) is 4.68. The van der Waals surface area contributed by atoms with Crippen molar-refractivity contribution in [2.24, 2.45) is 11.3 Å². The highest BCUT2D eigenvalue weighted by Crippen LogP contribution is 2.40. The van der Waals surface area contributed by atoms with E-state index < -0.39 is 5.41 Å². The van der Waals surface area contributed by atoms with Crippen LogP contribution in [0.25, 0.3) is 0 Å². The van der Waals surface area contributed by atoms with Crippen molar-refractivity contribution in [3.63, 3.8) is 0 Å². The van der Waals surface area contributed by atoms with Crippen molar-refractivity contribution in [2.45, 2.75) is 26.2 Å². The lowest BCUT2D eigenvalue weighted by molar-refractivity contribution is -0.384. The second kappa shape index (κ2) is 5.68. The number of nitro groups is 1. The third-order valence-electron chi connectivity index (χ3n) is 4.68. The van der Waals surface area contributed by atoms with Crippen molar-refractivity contribution in [3.05, 3.63) is 33.9 Å². The van der Waals surface area contributed by atoms with Gasteiger partial charge in [0.1, 0.15) is 11.5 Å². The molecule has 1 aromatic rings. The maximum Gasteiger partial charge on any atom is 0.292 e. The number of anilines is 1. The molecule has 0 aromatic heterocycles. The minimum Gasteiger partial charge on any atom is -0.378 e. The SMILES string of the molecule is Cc1ccc(NC[C@]2(C(=O)C3CC3)CCNC2)c([N+](=O)[O-])c1. The predicted molar refractivity (Wildman–Crippen MR) is 84.0 cm³/mol. The van der Waals surface area contributed by atoms with Crippen molar-refractivity contribution < 1.29 is 9.72 Å². The Kier molecular flexibility index (Phi) is 3.87. The summed E-state index contributed by atoms with van der Waals surface area (Å²) in [6.07, 6.45) is 2.78. The summed E-state index contributed by atoms with van der Waals surface area (Å²) in [5.41, 5.74) is 0.994. The van der Waals surface area contributed by atoms with Gasteiger partial charge in [-0.1, -0.05) is 6.07 Å². The smallest absolute Gasteiger partial charge is 0.292 e. The van der Waals surface area contributed by atoms with Crippen LogP contribution < -0.4 is 10.6 Å². The molecule has 1 atom stereocenters. The van der Waals surface area contributed by atoms with Gasteiger partial charge in [0.25, 0.3) is 5.69 Å². The third kappa shape index (κ3) is 2.83. The number of nitrogens with one attached hydrogen (secondary N) is 2. The highest BCUT2D eigenvalue weighted by molar-refractivity contribution is 5.90. The van der Waals surface area contributed by atoms with Crippen molar-refractivity contribution in [3.8, 4) is 0 Å². The Morgan fingerprint density at radius 2 is 2.27 bits per heavy atom. The van der Waals surface area contributed by atoms with Gasteiger partial charge in [-0.15, -0.1) is 0 Å². The number of rotatable bonds is 6. The fraction of sp³-hybridized carbons (Fsp3) is 0.562. The molecule has 1 aromatic carbocycles. The van der Waals surface area contributed by atoms with E-state index in [1.54, 1.807) is 12.1 Å². The van der Waals surface area contributed by atoms with E-state index >= 15 is 0 Å². The zero-order valence-corrected chi connectivity index (χ0v) is 12.7. The summed E-state index contributed by atoms with van der Waals surface area (Å²) in [5.74, 6) is 0.523. The standard InChI is InChI=1S/C16H21N3O3/c1-11-2-5-13(14(8-11)19(21)22)18-10-16(6-7-17-9-16)15(20)12-3-4-12/h2,5,8,12,17-18H,3-4,6-7,9-10H2,1H3/t16-/m0/s1. The summed E-state index contributed by atoms with van der Waals surface area (Å²) >= 11 is 0. The first kappa shape index (κ1) is 15.0. The lowest BCUT2D eigenvalue weighted by atomic mass is 9.80. The number of hydrogen-bond acceptors (Lipinski definition) is 5. The van der Waals surface area contributed by atoms with E-state index in [-0.39, 0.29) is 16.5 Å². The van der Waals surface area contributed by atoms with Gasteiger partial charge in [-0.25, -0.2) is 0 Å². The second-order valence-electron chi connectivity index (χ2n) is 6.48. The van der Waals surface area contributed by atoms with Crippen LogP contribution in [0.3, 0.4) is 0 Å². The number of carbonyl (C=O) groups excluding carboxylic acids is 1. The number of benzene rings is 1. The molecule has 22 heavy (non-hydrogen) atoms. The first-order valence-electron chi connectivity index (χ1n) is 7.76. The van der Waals surface area contributed by atoms with Gasteiger partial charge in [0.05, 0.1) is 10.3 Å². The second-order valence-corrected chi connectivity index (χ2v) is 6.48. The Hall–Kier alpha value is -1.95. The van der Waals surface area contributed by atoms with Gasteiger partial charge in [-0.05, 0) is 44.4 Å². The van der Waals surface area contributed by atoms with Crippen molar-refractivity contribution in [1.29, 1.82) is 0 Å². The number of ketones is 1. The maximum absolute atomic E-state index is 12.6. The lowest BCUT2D eigenvalue weighted by Crippen LogP contribution is -2.41. The normalized spacial score (nSPS) is 24.2. The van der Waals surface area contributed by atoms with Gasteiger partial charge in [-0.2, -0.15) is 0 Å². The van der Waals surface area contributed by atoms with Crippen molar-refractivity contribution >= 4 is 17.2 Å². The highest BCUT2D eigenvalue weighted by Gasteiger charge is 2.47. The van der Waals surface area contributed by atoms with E-state index in [1.807, 2.05) is 13.0 Å². The summed E-state index contributed by atoms with van der Waals surface area (Å²) in [6, 6.07) is 5.13. The summed E-state index contributed by atoms with van der Waals surface area (Å²) in [7, 11) is 0. The molecule has 0 unspecified atom stereocenters. The first-order chi connectivity index (χ1) is 10.5. The average molecular weight is 303 g/mol. The predicted octanol–water partition coefficient (Wildman–Crippen LogP) is 2.27. The molecule has 0 spiro atoms. The number of nitro benzene ring substituents is 1. The monoisotopic (exact) mass is 303 g/mol. The zero-order chi connectivity index (χ0) is 15.7. The summed E-state index contributed by atoms with van der Waals surface area (Å²) in [5, 5.41) is 17.6. The van der Waals surface area contributed by atoms with Crippen LogP contribution in [0.5, 0.6) is 0 Å². The number of hydrogen-bond donors (Lipinski definition) is 2. The van der Waals surface area contributed by atoms with Gasteiger partial charge >= 0.3 is 0 Å². The van der Waals surface area contributed by atoms with Crippen LogP contribution >= 0.6 is 0 Å². The van der Waals surface area contributed by atoms with Crippen molar-refractivity contribution in [1.82, 2.24) is 5.32 Å². The van der Waals surface area contributed by atoms with Gasteiger partial charge in [-0.3, -0.25) is 14.9 Å². The van der Waals surface area contributed by atoms with E-state index in [0.717, 1.165) is 31.4 Å². The Morgan fingerprint density at radius 3 is 2.86 bits per heavy atom. The van der Waals surface area contributed by atoms with Gasteiger partial charge in [0.2, 0.25) is 0 Å².